The van der Waals surface area contributed by atoms with E-state index in [4.69, 9.17) is 5.73 Å². The lowest BCUT2D eigenvalue weighted by atomic mass is 10.4. The second-order valence-corrected chi connectivity index (χ2v) is 2.79. The second kappa shape index (κ2) is 3.87. The van der Waals surface area contributed by atoms with Crippen LogP contribution in [-0.4, -0.2) is 16.8 Å². The Kier molecular flexibility index (Phi) is 2.81. The largest absolute Gasteiger partial charge is 0.384 e. The summed E-state index contributed by atoms with van der Waals surface area (Å²) in [6.45, 7) is 2.60. The van der Waals surface area contributed by atoms with Crippen LogP contribution >= 0.6 is 0 Å². The minimum Gasteiger partial charge on any atom is -0.384 e. The van der Waals surface area contributed by atoms with Crippen molar-refractivity contribution in [1.29, 1.82) is 0 Å². The number of carbonyl (C=O) groups excluding carboxylic acids is 2. The number of hydrogen-bond acceptors (Lipinski definition) is 4. The highest BCUT2D eigenvalue weighted by atomic mass is 16.2. The lowest BCUT2D eigenvalue weighted by Crippen LogP contribution is -2.33. The van der Waals surface area contributed by atoms with Crippen LogP contribution in [0.5, 0.6) is 0 Å². The van der Waals surface area contributed by atoms with Gasteiger partial charge in [-0.3, -0.25) is 9.59 Å². The van der Waals surface area contributed by atoms with Gasteiger partial charge < -0.3 is 5.73 Å². The number of pyridine rings is 1. The molecule has 0 aromatic carbocycles. The Hall–Kier alpha value is -1.91. The van der Waals surface area contributed by atoms with E-state index in [0.717, 1.165) is 4.90 Å². The third-order valence-electron chi connectivity index (χ3n) is 1.61. The third-order valence-corrected chi connectivity index (χ3v) is 1.61. The molecule has 0 bridgehead atoms. The van der Waals surface area contributed by atoms with E-state index >= 15 is 0 Å². The van der Waals surface area contributed by atoms with Crippen molar-refractivity contribution in [3.8, 4) is 0 Å². The summed E-state index contributed by atoms with van der Waals surface area (Å²) in [5.74, 6) is -0.230. The number of nitrogens with zero attached hydrogens (tertiary/aromatic N) is 2. The quantitative estimate of drug-likeness (QED) is 0.707. The highest BCUT2D eigenvalue weighted by molar-refractivity contribution is 6.12. The van der Waals surface area contributed by atoms with Crippen LogP contribution in [0.25, 0.3) is 0 Å². The normalized spacial score (nSPS) is 9.57. The SMILES string of the molecule is CC(=O)N(C(C)=O)c1cccc(N)n1. The summed E-state index contributed by atoms with van der Waals surface area (Å²) in [4.78, 5) is 27.1. The fourth-order valence-corrected chi connectivity index (χ4v) is 1.11. The molecule has 5 nitrogen and oxygen atoms in total. The Morgan fingerprint density at radius 1 is 1.29 bits per heavy atom. The molecule has 0 aliphatic heterocycles. The van der Waals surface area contributed by atoms with Crippen LogP contribution in [0.2, 0.25) is 0 Å². The number of aromatic nitrogens is 1. The summed E-state index contributed by atoms with van der Waals surface area (Å²) in [5, 5.41) is 0. The molecule has 2 amide bonds. The number of hydrogen-bond donors (Lipinski definition) is 1. The zero-order valence-corrected chi connectivity index (χ0v) is 8.02. The predicted octanol–water partition coefficient (Wildman–Crippen LogP) is 0.563. The first-order chi connectivity index (χ1) is 6.52. The van der Waals surface area contributed by atoms with E-state index in [2.05, 4.69) is 4.98 Å². The maximum atomic E-state index is 11.1. The van der Waals surface area contributed by atoms with E-state index in [1.165, 1.54) is 13.8 Å². The minimum atomic E-state index is -0.379. The van der Waals surface area contributed by atoms with Gasteiger partial charge in [-0.2, -0.15) is 0 Å². The maximum absolute atomic E-state index is 11.1. The topological polar surface area (TPSA) is 76.3 Å². The van der Waals surface area contributed by atoms with Crippen LogP contribution < -0.4 is 10.6 Å². The molecular weight excluding hydrogens is 182 g/mol. The van der Waals surface area contributed by atoms with Crippen molar-refractivity contribution < 1.29 is 9.59 Å². The van der Waals surface area contributed by atoms with Gasteiger partial charge in [-0.15, -0.1) is 0 Å². The fourth-order valence-electron chi connectivity index (χ4n) is 1.11. The number of amides is 2. The van der Waals surface area contributed by atoms with Crippen LogP contribution in [0.1, 0.15) is 13.8 Å². The maximum Gasteiger partial charge on any atom is 0.231 e. The summed E-state index contributed by atoms with van der Waals surface area (Å²) >= 11 is 0. The summed E-state index contributed by atoms with van der Waals surface area (Å²) in [6, 6.07) is 4.78. The van der Waals surface area contributed by atoms with Gasteiger partial charge in [0.1, 0.15) is 11.6 Å². The third kappa shape index (κ3) is 2.07. The molecule has 0 radical (unpaired) electrons. The zero-order valence-electron chi connectivity index (χ0n) is 8.02. The standard InChI is InChI=1S/C9H11N3O2/c1-6(13)12(7(2)14)9-5-3-4-8(10)11-9/h3-5H,1-2H3,(H2,10,11). The van der Waals surface area contributed by atoms with Crippen LogP contribution in [-0.2, 0) is 9.59 Å². The second-order valence-electron chi connectivity index (χ2n) is 2.79. The van der Waals surface area contributed by atoms with Crippen molar-refractivity contribution in [2.45, 2.75) is 13.8 Å². The highest BCUT2D eigenvalue weighted by Crippen LogP contribution is 2.12. The Balaban J connectivity index is 3.12. The Morgan fingerprint density at radius 2 is 1.86 bits per heavy atom. The number of carbonyl (C=O) groups is 2. The van der Waals surface area contributed by atoms with Crippen molar-refractivity contribution in [1.82, 2.24) is 4.98 Å². The van der Waals surface area contributed by atoms with Gasteiger partial charge in [-0.25, -0.2) is 9.88 Å². The molecule has 0 atom stereocenters. The predicted molar refractivity (Wildman–Crippen MR) is 52.5 cm³/mol. The van der Waals surface area contributed by atoms with Crippen molar-refractivity contribution in [3.63, 3.8) is 0 Å². The van der Waals surface area contributed by atoms with Gasteiger partial charge in [0.05, 0.1) is 0 Å². The van der Waals surface area contributed by atoms with Crippen molar-refractivity contribution in [3.05, 3.63) is 18.2 Å². The molecule has 14 heavy (non-hydrogen) atoms. The molecule has 0 spiro atoms. The fraction of sp³-hybridized carbons (Fsp3) is 0.222. The molecule has 0 unspecified atom stereocenters. The van der Waals surface area contributed by atoms with Crippen LogP contribution in [0.4, 0.5) is 11.6 Å². The van der Waals surface area contributed by atoms with E-state index in [0.29, 0.717) is 0 Å². The van der Waals surface area contributed by atoms with Crippen LogP contribution in [0.3, 0.4) is 0 Å². The Labute approximate surface area is 81.5 Å². The first-order valence-corrected chi connectivity index (χ1v) is 4.06. The average Bonchev–Trinajstić information content (AvgIpc) is 2.02. The van der Waals surface area contributed by atoms with Crippen molar-refractivity contribution in [2.24, 2.45) is 0 Å². The summed E-state index contributed by atoms with van der Waals surface area (Å²) in [5.41, 5.74) is 5.44. The summed E-state index contributed by atoms with van der Waals surface area (Å²) in [6.07, 6.45) is 0. The number of imide groups is 1. The lowest BCUT2D eigenvalue weighted by molar-refractivity contribution is -0.124. The molecular formula is C9H11N3O2. The van der Waals surface area contributed by atoms with Crippen LogP contribution in [0, 0.1) is 0 Å². The Bertz CT molecular complexity index is 362. The van der Waals surface area contributed by atoms with Crippen LogP contribution in [0.15, 0.2) is 18.2 Å². The smallest absolute Gasteiger partial charge is 0.231 e. The van der Waals surface area contributed by atoms with Gasteiger partial charge in [0.25, 0.3) is 0 Å². The summed E-state index contributed by atoms with van der Waals surface area (Å²) in [7, 11) is 0. The van der Waals surface area contributed by atoms with E-state index in [9.17, 15) is 9.59 Å². The van der Waals surface area contributed by atoms with E-state index in [-0.39, 0.29) is 23.5 Å². The molecule has 1 aromatic heterocycles. The van der Waals surface area contributed by atoms with Gasteiger partial charge in [0.15, 0.2) is 0 Å². The molecule has 2 N–H and O–H groups in total. The van der Waals surface area contributed by atoms with Crippen molar-refractivity contribution >= 4 is 23.5 Å². The molecule has 1 rings (SSSR count). The minimum absolute atomic E-state index is 0.255. The van der Waals surface area contributed by atoms with Gasteiger partial charge in [-0.1, -0.05) is 6.07 Å². The molecule has 5 heteroatoms. The number of nitrogen functional groups attached to an aromatic ring is 1. The number of rotatable bonds is 1. The average molecular weight is 193 g/mol. The molecule has 0 aliphatic carbocycles. The number of nitrogens with two attached hydrogens (primary N) is 1. The van der Waals surface area contributed by atoms with Gasteiger partial charge in [-0.05, 0) is 12.1 Å². The number of anilines is 2. The molecule has 0 aliphatic rings. The molecule has 74 valence electrons. The molecule has 1 aromatic rings. The van der Waals surface area contributed by atoms with Gasteiger partial charge in [0, 0.05) is 13.8 Å². The first-order valence-electron chi connectivity index (χ1n) is 4.06. The molecule has 0 saturated heterocycles. The van der Waals surface area contributed by atoms with Gasteiger partial charge >= 0.3 is 0 Å². The first kappa shape index (κ1) is 10.2. The van der Waals surface area contributed by atoms with Gasteiger partial charge in [0.2, 0.25) is 11.8 Å². The summed E-state index contributed by atoms with van der Waals surface area (Å²) < 4.78 is 0. The lowest BCUT2D eigenvalue weighted by Gasteiger charge is -2.15. The van der Waals surface area contributed by atoms with E-state index < -0.39 is 0 Å². The Morgan fingerprint density at radius 3 is 2.29 bits per heavy atom. The molecule has 1 heterocycles. The molecule has 0 saturated carbocycles. The monoisotopic (exact) mass is 193 g/mol. The highest BCUT2D eigenvalue weighted by Gasteiger charge is 2.17. The molecule has 0 fully saturated rings. The van der Waals surface area contributed by atoms with E-state index in [1.54, 1.807) is 18.2 Å². The van der Waals surface area contributed by atoms with E-state index in [1.807, 2.05) is 0 Å². The van der Waals surface area contributed by atoms with Crippen molar-refractivity contribution in [2.75, 3.05) is 10.6 Å². The zero-order chi connectivity index (χ0) is 10.7.